The molecule has 0 radical (unpaired) electrons. The predicted molar refractivity (Wildman–Crippen MR) is 76.1 cm³/mol. The number of aliphatic hydroxyl groups excluding tert-OH is 1. The second-order valence-electron chi connectivity index (χ2n) is 4.95. The summed E-state index contributed by atoms with van der Waals surface area (Å²) in [5.41, 5.74) is 3.92. The van der Waals surface area contributed by atoms with Gasteiger partial charge in [0.25, 0.3) is 0 Å². The predicted octanol–water partition coefficient (Wildman–Crippen LogP) is 4.49. The van der Waals surface area contributed by atoms with Crippen LogP contribution >= 0.6 is 11.6 Å². The minimum absolute atomic E-state index is 0.245. The number of hydrogen-bond donors (Lipinski definition) is 1. The minimum Gasteiger partial charge on any atom is -0.384 e. The van der Waals surface area contributed by atoms with Crippen LogP contribution in [0, 0.1) is 26.6 Å². The molecule has 0 saturated heterocycles. The number of rotatable bonds is 2. The molecule has 1 unspecified atom stereocenters. The fraction of sp³-hybridized carbons (Fsp3) is 0.250. The Morgan fingerprint density at radius 1 is 1.00 bits per heavy atom. The first-order valence-corrected chi connectivity index (χ1v) is 6.48. The molecule has 0 heterocycles. The number of hydrogen-bond acceptors (Lipinski definition) is 1. The number of aliphatic hydroxyl groups is 1. The summed E-state index contributed by atoms with van der Waals surface area (Å²) >= 11 is 6.03. The van der Waals surface area contributed by atoms with E-state index >= 15 is 0 Å². The summed E-state index contributed by atoms with van der Waals surface area (Å²) in [6.45, 7) is 5.60. The van der Waals surface area contributed by atoms with Crippen molar-refractivity contribution in [3.8, 4) is 0 Å². The molecule has 0 aromatic heterocycles. The van der Waals surface area contributed by atoms with Crippen molar-refractivity contribution in [2.24, 2.45) is 0 Å². The SMILES string of the molecule is Cc1cc(C)cc(C(O)c2cc(C)c(F)cc2Cl)c1. The second kappa shape index (κ2) is 5.32. The lowest BCUT2D eigenvalue weighted by atomic mass is 9.97. The summed E-state index contributed by atoms with van der Waals surface area (Å²) in [6.07, 6.45) is -0.842. The Labute approximate surface area is 117 Å². The molecule has 0 spiro atoms. The van der Waals surface area contributed by atoms with Crippen LogP contribution in [-0.2, 0) is 0 Å². The molecule has 0 fully saturated rings. The van der Waals surface area contributed by atoms with E-state index in [0.29, 0.717) is 11.1 Å². The number of benzene rings is 2. The van der Waals surface area contributed by atoms with Gasteiger partial charge in [0, 0.05) is 10.6 Å². The van der Waals surface area contributed by atoms with Crippen LogP contribution in [0.5, 0.6) is 0 Å². The molecule has 0 amide bonds. The molecule has 0 aliphatic heterocycles. The van der Waals surface area contributed by atoms with Gasteiger partial charge in [-0.05, 0) is 44.0 Å². The van der Waals surface area contributed by atoms with Crippen LogP contribution in [0.2, 0.25) is 5.02 Å². The van der Waals surface area contributed by atoms with E-state index in [1.165, 1.54) is 6.07 Å². The van der Waals surface area contributed by atoms with Crippen molar-refractivity contribution in [1.82, 2.24) is 0 Å². The van der Waals surface area contributed by atoms with Crippen molar-refractivity contribution >= 4 is 11.6 Å². The molecule has 1 N–H and O–H groups in total. The molecule has 2 aromatic rings. The average Bonchev–Trinajstić information content (AvgIpc) is 2.31. The highest BCUT2D eigenvalue weighted by Gasteiger charge is 2.16. The Morgan fingerprint density at radius 2 is 1.58 bits per heavy atom. The third kappa shape index (κ3) is 2.96. The van der Waals surface area contributed by atoms with E-state index in [0.717, 1.165) is 16.7 Å². The molecule has 1 nitrogen and oxygen atoms in total. The number of aryl methyl sites for hydroxylation is 3. The van der Waals surface area contributed by atoms with Crippen LogP contribution in [-0.4, -0.2) is 5.11 Å². The zero-order chi connectivity index (χ0) is 14.2. The third-order valence-electron chi connectivity index (χ3n) is 3.13. The van der Waals surface area contributed by atoms with Crippen molar-refractivity contribution in [3.05, 3.63) is 69.0 Å². The molecule has 19 heavy (non-hydrogen) atoms. The summed E-state index contributed by atoms with van der Waals surface area (Å²) in [5.74, 6) is -0.360. The van der Waals surface area contributed by atoms with Gasteiger partial charge in [0.2, 0.25) is 0 Å². The van der Waals surface area contributed by atoms with E-state index in [9.17, 15) is 9.50 Å². The van der Waals surface area contributed by atoms with Crippen molar-refractivity contribution < 1.29 is 9.50 Å². The largest absolute Gasteiger partial charge is 0.384 e. The highest BCUT2D eigenvalue weighted by molar-refractivity contribution is 6.31. The van der Waals surface area contributed by atoms with Gasteiger partial charge in [-0.2, -0.15) is 0 Å². The lowest BCUT2D eigenvalue weighted by molar-refractivity contribution is 0.220. The molecule has 3 heteroatoms. The summed E-state index contributed by atoms with van der Waals surface area (Å²) in [5, 5.41) is 10.7. The summed E-state index contributed by atoms with van der Waals surface area (Å²) in [6, 6.07) is 8.70. The van der Waals surface area contributed by atoms with E-state index in [1.807, 2.05) is 32.0 Å². The van der Waals surface area contributed by atoms with E-state index < -0.39 is 6.10 Å². The zero-order valence-corrected chi connectivity index (χ0v) is 11.9. The van der Waals surface area contributed by atoms with Crippen molar-refractivity contribution in [2.45, 2.75) is 26.9 Å². The van der Waals surface area contributed by atoms with E-state index in [2.05, 4.69) is 0 Å². The first kappa shape index (κ1) is 14.0. The molecular weight excluding hydrogens is 263 g/mol. The van der Waals surface area contributed by atoms with Crippen LogP contribution in [0.1, 0.15) is 33.9 Å². The van der Waals surface area contributed by atoms with Gasteiger partial charge < -0.3 is 5.11 Å². The van der Waals surface area contributed by atoms with Crippen LogP contribution in [0.3, 0.4) is 0 Å². The van der Waals surface area contributed by atoms with Crippen LogP contribution < -0.4 is 0 Å². The lowest BCUT2D eigenvalue weighted by Gasteiger charge is -2.15. The minimum atomic E-state index is -0.842. The van der Waals surface area contributed by atoms with Crippen molar-refractivity contribution in [3.63, 3.8) is 0 Å². The van der Waals surface area contributed by atoms with Gasteiger partial charge in [-0.25, -0.2) is 4.39 Å². The highest BCUT2D eigenvalue weighted by Crippen LogP contribution is 2.31. The van der Waals surface area contributed by atoms with Crippen LogP contribution in [0.4, 0.5) is 4.39 Å². The van der Waals surface area contributed by atoms with Crippen LogP contribution in [0.25, 0.3) is 0 Å². The fourth-order valence-corrected chi connectivity index (χ4v) is 2.49. The Morgan fingerprint density at radius 3 is 2.16 bits per heavy atom. The van der Waals surface area contributed by atoms with Gasteiger partial charge >= 0.3 is 0 Å². The maximum absolute atomic E-state index is 13.4. The maximum Gasteiger partial charge on any atom is 0.127 e. The third-order valence-corrected chi connectivity index (χ3v) is 3.46. The van der Waals surface area contributed by atoms with Crippen LogP contribution in [0.15, 0.2) is 30.3 Å². The summed E-state index contributed by atoms with van der Waals surface area (Å²) in [4.78, 5) is 0. The van der Waals surface area contributed by atoms with E-state index in [-0.39, 0.29) is 10.8 Å². The Kier molecular flexibility index (Phi) is 3.93. The van der Waals surface area contributed by atoms with Crippen molar-refractivity contribution in [2.75, 3.05) is 0 Å². The molecular formula is C16H16ClFO. The molecule has 100 valence electrons. The van der Waals surface area contributed by atoms with Gasteiger partial charge in [-0.3, -0.25) is 0 Å². The Bertz CT molecular complexity index is 602. The molecule has 0 aliphatic rings. The summed E-state index contributed by atoms with van der Waals surface area (Å²) in [7, 11) is 0. The zero-order valence-electron chi connectivity index (χ0n) is 11.2. The van der Waals surface area contributed by atoms with E-state index in [1.54, 1.807) is 13.0 Å². The molecule has 0 aliphatic carbocycles. The first-order chi connectivity index (χ1) is 8.88. The number of halogens is 2. The maximum atomic E-state index is 13.4. The van der Waals surface area contributed by atoms with Gasteiger partial charge in [0.05, 0.1) is 0 Å². The second-order valence-corrected chi connectivity index (χ2v) is 5.35. The lowest BCUT2D eigenvalue weighted by Crippen LogP contribution is -2.03. The van der Waals surface area contributed by atoms with Gasteiger partial charge in [-0.15, -0.1) is 0 Å². The van der Waals surface area contributed by atoms with Gasteiger partial charge in [0.15, 0.2) is 0 Å². The average molecular weight is 279 g/mol. The standard InChI is InChI=1S/C16H16ClFO/c1-9-4-10(2)6-12(5-9)16(19)13-7-11(3)15(18)8-14(13)17/h4-8,16,19H,1-3H3. The quantitative estimate of drug-likeness (QED) is 0.858. The van der Waals surface area contributed by atoms with Gasteiger partial charge in [0.1, 0.15) is 11.9 Å². The first-order valence-electron chi connectivity index (χ1n) is 6.10. The van der Waals surface area contributed by atoms with E-state index in [4.69, 9.17) is 11.6 Å². The normalized spacial score (nSPS) is 12.5. The van der Waals surface area contributed by atoms with Gasteiger partial charge in [-0.1, -0.05) is 40.9 Å². The molecule has 0 bridgehead atoms. The topological polar surface area (TPSA) is 20.2 Å². The monoisotopic (exact) mass is 278 g/mol. The fourth-order valence-electron chi connectivity index (χ4n) is 2.24. The Hall–Kier alpha value is -1.38. The molecule has 1 atom stereocenters. The van der Waals surface area contributed by atoms with Crippen molar-refractivity contribution in [1.29, 1.82) is 0 Å². The molecule has 0 saturated carbocycles. The molecule has 2 rings (SSSR count). The smallest absolute Gasteiger partial charge is 0.127 e. The molecule has 2 aromatic carbocycles. The summed E-state index contributed by atoms with van der Waals surface area (Å²) < 4.78 is 13.4. The highest BCUT2D eigenvalue weighted by atomic mass is 35.5. The Balaban J connectivity index is 2.49.